The van der Waals surface area contributed by atoms with E-state index >= 15 is 0 Å². The number of halogens is 1. The van der Waals surface area contributed by atoms with Gasteiger partial charge in [-0.25, -0.2) is 9.97 Å². The van der Waals surface area contributed by atoms with Crippen molar-refractivity contribution in [3.63, 3.8) is 0 Å². The summed E-state index contributed by atoms with van der Waals surface area (Å²) in [6.45, 7) is 11.8. The molecule has 216 valence electrons. The van der Waals surface area contributed by atoms with Crippen molar-refractivity contribution >= 4 is 46.3 Å². The van der Waals surface area contributed by atoms with Crippen LogP contribution in [0.25, 0.3) is 5.65 Å². The maximum atomic E-state index is 13.2. The summed E-state index contributed by atoms with van der Waals surface area (Å²) in [7, 11) is 0. The van der Waals surface area contributed by atoms with Gasteiger partial charge in [0.2, 0.25) is 5.95 Å². The van der Waals surface area contributed by atoms with E-state index in [4.69, 9.17) is 27.3 Å². The van der Waals surface area contributed by atoms with Crippen molar-refractivity contribution in [1.82, 2.24) is 24.1 Å². The minimum absolute atomic E-state index is 0.00140. The van der Waals surface area contributed by atoms with Crippen LogP contribution in [0, 0.1) is 5.41 Å². The first-order chi connectivity index (χ1) is 19.6. The first-order valence-electron chi connectivity index (χ1n) is 13.9. The van der Waals surface area contributed by atoms with E-state index in [1.807, 2.05) is 63.8 Å². The van der Waals surface area contributed by atoms with Crippen molar-refractivity contribution < 1.29 is 4.55 Å². The Morgan fingerprint density at radius 1 is 1.22 bits per heavy atom. The summed E-state index contributed by atoms with van der Waals surface area (Å²) in [5.74, 6) is 0.870. The number of rotatable bonds is 5. The standard InChI is InChI=1S/C30H36ClN7OS2/c1-19-7-5-9-22(24(31)25(19)32)40-23-18-35-28(38-16-13-34-27(23)38)37-14-10-30(11-15-37)17-21-20(8-6-12-33-21)26(30)36-41(39)29(2,3)4/h5-6,8-9,12-13,16,18,25-26,36H,1,7,10-11,14-15,17,32H2,2-4H3/t25?,26-,41?/m1/s1. The maximum absolute atomic E-state index is 13.2. The summed E-state index contributed by atoms with van der Waals surface area (Å²) < 4.78 is 18.5. The zero-order chi connectivity index (χ0) is 28.9. The van der Waals surface area contributed by atoms with Gasteiger partial charge in [0.05, 0.1) is 22.0 Å². The van der Waals surface area contributed by atoms with Crippen LogP contribution in [0.5, 0.6) is 0 Å². The van der Waals surface area contributed by atoms with Gasteiger partial charge in [0.25, 0.3) is 0 Å². The molecule has 3 aromatic heterocycles. The Kier molecular flexibility index (Phi) is 7.76. The number of thioether (sulfide) groups is 1. The Morgan fingerprint density at radius 3 is 2.76 bits per heavy atom. The molecule has 3 N–H and O–H groups in total. The van der Waals surface area contributed by atoms with E-state index in [9.17, 15) is 4.55 Å². The van der Waals surface area contributed by atoms with E-state index in [1.54, 1.807) is 0 Å². The van der Waals surface area contributed by atoms with Gasteiger partial charge in [-0.05, 0) is 58.1 Å². The van der Waals surface area contributed by atoms with Gasteiger partial charge < -0.3 is 15.2 Å². The average Bonchev–Trinajstić information content (AvgIpc) is 3.53. The van der Waals surface area contributed by atoms with Crippen molar-refractivity contribution in [3.05, 3.63) is 82.4 Å². The Balaban J connectivity index is 1.24. The van der Waals surface area contributed by atoms with E-state index in [1.165, 1.54) is 17.3 Å². The molecule has 0 radical (unpaired) electrons. The van der Waals surface area contributed by atoms with Crippen molar-refractivity contribution in [1.29, 1.82) is 0 Å². The number of nitrogens with zero attached hydrogens (tertiary/aromatic N) is 5. The number of hydrogen-bond acceptors (Lipinski definition) is 8. The first-order valence-corrected chi connectivity index (χ1v) is 16.3. The molecule has 4 heterocycles. The summed E-state index contributed by atoms with van der Waals surface area (Å²) in [4.78, 5) is 18.4. The third-order valence-electron chi connectivity index (χ3n) is 8.38. The molecule has 1 spiro atoms. The van der Waals surface area contributed by atoms with Crippen molar-refractivity contribution in [2.75, 3.05) is 18.0 Å². The fourth-order valence-corrected chi connectivity index (χ4v) is 8.21. The molecule has 0 saturated carbocycles. The van der Waals surface area contributed by atoms with E-state index < -0.39 is 11.4 Å². The number of hydrogen-bond donors (Lipinski definition) is 2. The molecule has 0 bridgehead atoms. The Bertz CT molecular complexity index is 1540. The molecule has 1 saturated heterocycles. The lowest BCUT2D eigenvalue weighted by atomic mass is 9.73. The van der Waals surface area contributed by atoms with Crippen LogP contribution in [0.15, 0.2) is 76.1 Å². The molecule has 1 fully saturated rings. The normalized spacial score (nSPS) is 23.4. The zero-order valence-electron chi connectivity index (χ0n) is 23.6. The van der Waals surface area contributed by atoms with Crippen LogP contribution in [-0.2, 0) is 17.8 Å². The summed E-state index contributed by atoms with van der Waals surface area (Å²) >= 11 is 7.00. The highest BCUT2D eigenvalue weighted by molar-refractivity contribution is 8.03. The topological polar surface area (TPSA) is 107 Å². The van der Waals surface area contributed by atoms with Crippen LogP contribution < -0.4 is 15.4 Å². The van der Waals surface area contributed by atoms with Crippen LogP contribution in [0.2, 0.25) is 0 Å². The van der Waals surface area contributed by atoms with E-state index in [0.717, 1.165) is 65.0 Å². The second kappa shape index (κ2) is 11.1. The molecule has 11 heteroatoms. The van der Waals surface area contributed by atoms with Gasteiger partial charge in [0.1, 0.15) is 4.75 Å². The maximum Gasteiger partial charge on any atom is 0.211 e. The minimum Gasteiger partial charge on any atom is -0.598 e. The molecule has 3 aliphatic rings. The quantitative estimate of drug-likeness (QED) is 0.291. The molecule has 6 rings (SSSR count). The molecule has 1 aliphatic heterocycles. The highest BCUT2D eigenvalue weighted by atomic mass is 35.5. The highest BCUT2D eigenvalue weighted by Crippen LogP contribution is 2.52. The first kappa shape index (κ1) is 28.8. The lowest BCUT2D eigenvalue weighted by Crippen LogP contribution is -2.50. The summed E-state index contributed by atoms with van der Waals surface area (Å²) in [5.41, 5.74) is 10.3. The predicted molar refractivity (Wildman–Crippen MR) is 168 cm³/mol. The van der Waals surface area contributed by atoms with Crippen molar-refractivity contribution in [2.45, 2.75) is 68.2 Å². The Hall–Kier alpha value is -2.34. The molecule has 3 aromatic rings. The molecular formula is C30H36ClN7OS2. The third-order valence-corrected chi connectivity index (χ3v) is 11.6. The zero-order valence-corrected chi connectivity index (χ0v) is 26.0. The number of piperidine rings is 1. The number of fused-ring (bicyclic) bond motifs is 2. The van der Waals surface area contributed by atoms with Crippen LogP contribution in [0.1, 0.15) is 57.3 Å². The van der Waals surface area contributed by atoms with Gasteiger partial charge in [-0.15, -0.1) is 4.72 Å². The lowest BCUT2D eigenvalue weighted by molar-refractivity contribution is 0.175. The number of nitrogens with one attached hydrogen (secondary N) is 1. The molecule has 2 unspecified atom stereocenters. The average molecular weight is 610 g/mol. The van der Waals surface area contributed by atoms with Gasteiger partial charge in [-0.3, -0.25) is 9.38 Å². The number of imidazole rings is 1. The number of aromatic nitrogens is 4. The molecule has 0 amide bonds. The second-order valence-electron chi connectivity index (χ2n) is 12.1. The highest BCUT2D eigenvalue weighted by Gasteiger charge is 2.51. The van der Waals surface area contributed by atoms with Gasteiger partial charge in [-0.1, -0.05) is 53.7 Å². The smallest absolute Gasteiger partial charge is 0.211 e. The summed E-state index contributed by atoms with van der Waals surface area (Å²) in [6, 6.07) is 3.75. The fraction of sp³-hybridized carbons (Fsp3) is 0.433. The molecule has 41 heavy (non-hydrogen) atoms. The molecule has 0 aromatic carbocycles. The van der Waals surface area contributed by atoms with E-state index in [2.05, 4.69) is 31.7 Å². The van der Waals surface area contributed by atoms with E-state index in [0.29, 0.717) is 11.5 Å². The largest absolute Gasteiger partial charge is 0.598 e. The fourth-order valence-electron chi connectivity index (χ4n) is 5.96. The number of anilines is 1. The molecule has 2 aliphatic carbocycles. The van der Waals surface area contributed by atoms with Gasteiger partial charge in [-0.2, -0.15) is 0 Å². The van der Waals surface area contributed by atoms with Crippen LogP contribution >= 0.6 is 23.4 Å². The Morgan fingerprint density at radius 2 is 2.00 bits per heavy atom. The van der Waals surface area contributed by atoms with Crippen LogP contribution in [0.4, 0.5) is 5.95 Å². The van der Waals surface area contributed by atoms with Gasteiger partial charge in [0.15, 0.2) is 5.65 Å². The van der Waals surface area contributed by atoms with Crippen LogP contribution in [-0.4, -0.2) is 47.8 Å². The molecule has 8 nitrogen and oxygen atoms in total. The van der Waals surface area contributed by atoms with Crippen molar-refractivity contribution in [3.8, 4) is 0 Å². The number of allylic oxidation sites excluding steroid dienone is 2. The van der Waals surface area contributed by atoms with Gasteiger partial charge in [0, 0.05) is 65.3 Å². The monoisotopic (exact) mass is 609 g/mol. The van der Waals surface area contributed by atoms with Crippen molar-refractivity contribution in [2.24, 2.45) is 11.1 Å². The molecule has 3 atom stereocenters. The third kappa shape index (κ3) is 5.34. The van der Waals surface area contributed by atoms with E-state index in [-0.39, 0.29) is 22.2 Å². The second-order valence-corrected chi connectivity index (χ2v) is 15.6. The predicted octanol–water partition coefficient (Wildman–Crippen LogP) is 5.45. The summed E-state index contributed by atoms with van der Waals surface area (Å²) in [6.07, 6.45) is 15.0. The number of nitrogens with two attached hydrogens (primary N) is 1. The molecular weight excluding hydrogens is 574 g/mol. The van der Waals surface area contributed by atoms with Crippen LogP contribution in [0.3, 0.4) is 0 Å². The van der Waals surface area contributed by atoms with Gasteiger partial charge >= 0.3 is 0 Å². The minimum atomic E-state index is -1.18. The summed E-state index contributed by atoms with van der Waals surface area (Å²) in [5, 5.41) is 0.589. The lowest BCUT2D eigenvalue weighted by Gasteiger charge is -2.44. The number of pyridine rings is 1. The SMILES string of the molecule is C=C1CC=CC(Sc2cnc(N3CCC4(CC3)Cc3ncccc3[C@H]4N[S+]([O-])C(C)(C)C)n3ccnc23)=C(Cl)C1N. The Labute approximate surface area is 253 Å².